The molecule has 0 spiro atoms. The van der Waals surface area contributed by atoms with E-state index in [1.165, 1.54) is 18.9 Å². The van der Waals surface area contributed by atoms with Crippen molar-refractivity contribution in [2.45, 2.75) is 0 Å². The van der Waals surface area contributed by atoms with E-state index in [4.69, 9.17) is 4.74 Å². The largest absolute Gasteiger partial charge is 0.465 e. The number of esters is 1. The third-order valence-electron chi connectivity index (χ3n) is 3.45. The number of hydrogen-bond acceptors (Lipinski definition) is 6. The van der Waals surface area contributed by atoms with E-state index in [0.717, 1.165) is 16.7 Å². The van der Waals surface area contributed by atoms with Gasteiger partial charge >= 0.3 is 5.97 Å². The molecular weight excluding hydrogens is 338 g/mol. The number of benzene rings is 2. The molecule has 25 heavy (non-hydrogen) atoms. The Morgan fingerprint density at radius 3 is 2.68 bits per heavy atom. The molecule has 0 aliphatic carbocycles. The van der Waals surface area contributed by atoms with Crippen LogP contribution in [0.3, 0.4) is 0 Å². The number of carbonyl (C=O) groups excluding carboxylic acids is 2. The first kappa shape index (κ1) is 16.9. The average molecular weight is 353 g/mol. The molecule has 126 valence electrons. The Morgan fingerprint density at radius 2 is 1.96 bits per heavy atom. The minimum absolute atomic E-state index is 0.0635. The van der Waals surface area contributed by atoms with E-state index >= 15 is 0 Å². The molecule has 0 aromatic heterocycles. The van der Waals surface area contributed by atoms with Crippen molar-refractivity contribution in [1.82, 2.24) is 5.32 Å². The fraction of sp³-hybridized carbons (Fsp3) is 0.111. The van der Waals surface area contributed by atoms with Gasteiger partial charge in [0.1, 0.15) is 0 Å². The van der Waals surface area contributed by atoms with Gasteiger partial charge in [-0.25, -0.2) is 4.79 Å². The zero-order chi connectivity index (χ0) is 17.6. The lowest BCUT2D eigenvalue weighted by Crippen LogP contribution is -2.19. The Hall–Kier alpha value is -2.93. The third kappa shape index (κ3) is 4.33. The number of nitrogens with zero attached hydrogens (tertiary/aromatic N) is 2. The van der Waals surface area contributed by atoms with Crippen molar-refractivity contribution in [3.05, 3.63) is 59.7 Å². The molecule has 2 aromatic carbocycles. The van der Waals surface area contributed by atoms with Gasteiger partial charge in [0, 0.05) is 0 Å². The summed E-state index contributed by atoms with van der Waals surface area (Å²) < 4.78 is 4.75. The van der Waals surface area contributed by atoms with Crippen molar-refractivity contribution in [2.24, 2.45) is 10.2 Å². The summed E-state index contributed by atoms with van der Waals surface area (Å²) in [7, 11) is 1.36. The van der Waals surface area contributed by atoms with Gasteiger partial charge in [-0.2, -0.15) is 5.10 Å². The summed E-state index contributed by atoms with van der Waals surface area (Å²) in [6.45, 7) is 0. The highest BCUT2D eigenvalue weighted by molar-refractivity contribution is 8.15. The maximum absolute atomic E-state index is 11.7. The first-order chi connectivity index (χ1) is 12.2. The summed E-state index contributed by atoms with van der Waals surface area (Å²) >= 11 is 1.32. The number of hydrogen-bond donors (Lipinski definition) is 1. The van der Waals surface area contributed by atoms with Crippen LogP contribution in [-0.2, 0) is 9.53 Å². The second-order valence-electron chi connectivity index (χ2n) is 5.18. The monoisotopic (exact) mass is 353 g/mol. The fourth-order valence-corrected chi connectivity index (χ4v) is 2.90. The first-order valence-electron chi connectivity index (χ1n) is 7.48. The molecule has 1 heterocycles. The molecule has 7 heteroatoms. The number of methoxy groups -OCH3 is 1. The van der Waals surface area contributed by atoms with Crippen LogP contribution in [0.2, 0.25) is 0 Å². The van der Waals surface area contributed by atoms with E-state index in [2.05, 4.69) is 15.5 Å². The molecule has 0 atom stereocenters. The summed E-state index contributed by atoms with van der Waals surface area (Å²) in [6.07, 6.45) is 1.62. The summed E-state index contributed by atoms with van der Waals surface area (Å²) in [5.41, 5.74) is 3.22. The lowest BCUT2D eigenvalue weighted by molar-refractivity contribution is -0.116. The van der Waals surface area contributed by atoms with E-state index in [1.54, 1.807) is 18.3 Å². The van der Waals surface area contributed by atoms with E-state index in [9.17, 15) is 9.59 Å². The van der Waals surface area contributed by atoms with Gasteiger partial charge in [0.2, 0.25) is 5.91 Å². The Bertz CT molecular complexity index is 877. The Kier molecular flexibility index (Phi) is 5.25. The molecular formula is C18H15N3O3S. The maximum Gasteiger partial charge on any atom is 0.337 e. The van der Waals surface area contributed by atoms with E-state index in [0.29, 0.717) is 16.5 Å². The van der Waals surface area contributed by atoms with Crippen molar-refractivity contribution in [2.75, 3.05) is 12.9 Å². The maximum atomic E-state index is 11.7. The third-order valence-corrected chi connectivity index (χ3v) is 4.31. The Labute approximate surface area is 149 Å². The van der Waals surface area contributed by atoms with Crippen LogP contribution >= 0.6 is 11.8 Å². The van der Waals surface area contributed by atoms with E-state index < -0.39 is 0 Å². The van der Waals surface area contributed by atoms with E-state index in [1.807, 2.05) is 36.4 Å². The quantitative estimate of drug-likeness (QED) is 0.521. The number of amides is 1. The van der Waals surface area contributed by atoms with Crippen LogP contribution in [0.15, 0.2) is 58.7 Å². The van der Waals surface area contributed by atoms with Crippen LogP contribution in [-0.4, -0.2) is 36.1 Å². The molecule has 6 nitrogen and oxygen atoms in total. The zero-order valence-electron chi connectivity index (χ0n) is 13.4. The molecule has 0 saturated carbocycles. The standard InChI is InChI=1S/C18H15N3O3S/c1-24-17(23)15-7-3-6-14(9-15)13-5-2-4-12(8-13)10-19-21-18-20-16(22)11-25-18/h2-10H,11H2,1H3,(H,20,21,22). The topological polar surface area (TPSA) is 80.1 Å². The molecule has 1 N–H and O–H groups in total. The highest BCUT2D eigenvalue weighted by Crippen LogP contribution is 2.21. The van der Waals surface area contributed by atoms with Crippen molar-refractivity contribution in [1.29, 1.82) is 0 Å². The van der Waals surface area contributed by atoms with Gasteiger partial charge in [-0.15, -0.1) is 5.10 Å². The smallest absolute Gasteiger partial charge is 0.337 e. The summed E-state index contributed by atoms with van der Waals surface area (Å²) in [5.74, 6) is -0.0571. The summed E-state index contributed by atoms with van der Waals surface area (Å²) in [6, 6.07) is 14.9. The van der Waals surface area contributed by atoms with E-state index in [-0.39, 0.29) is 11.9 Å². The van der Waals surface area contributed by atoms with Crippen LogP contribution in [0.5, 0.6) is 0 Å². The molecule has 1 fully saturated rings. The summed E-state index contributed by atoms with van der Waals surface area (Å²) in [4.78, 5) is 22.8. The second kappa shape index (κ2) is 7.76. The van der Waals surface area contributed by atoms with Crippen molar-refractivity contribution >= 4 is 35.0 Å². The highest BCUT2D eigenvalue weighted by Gasteiger charge is 2.15. The minimum Gasteiger partial charge on any atom is -0.465 e. The van der Waals surface area contributed by atoms with Crippen molar-refractivity contribution < 1.29 is 14.3 Å². The van der Waals surface area contributed by atoms with Gasteiger partial charge in [-0.3, -0.25) is 4.79 Å². The number of rotatable bonds is 4. The minimum atomic E-state index is -0.369. The van der Waals surface area contributed by atoms with Gasteiger partial charge in [-0.1, -0.05) is 42.1 Å². The zero-order valence-corrected chi connectivity index (χ0v) is 14.2. The second-order valence-corrected chi connectivity index (χ2v) is 6.15. The number of ether oxygens (including phenoxy) is 1. The molecule has 1 amide bonds. The molecule has 1 aliphatic heterocycles. The average Bonchev–Trinajstić information content (AvgIpc) is 3.06. The van der Waals surface area contributed by atoms with Gasteiger partial charge in [0.25, 0.3) is 0 Å². The molecule has 0 radical (unpaired) electrons. The normalized spacial score (nSPS) is 15.6. The summed E-state index contributed by atoms with van der Waals surface area (Å²) in [5, 5.41) is 11.1. The van der Waals surface area contributed by atoms with Crippen LogP contribution in [0.25, 0.3) is 11.1 Å². The highest BCUT2D eigenvalue weighted by atomic mass is 32.2. The van der Waals surface area contributed by atoms with Gasteiger partial charge < -0.3 is 10.1 Å². The number of thioether (sulfide) groups is 1. The molecule has 2 aromatic rings. The van der Waals surface area contributed by atoms with Gasteiger partial charge in [0.15, 0.2) is 5.17 Å². The van der Waals surface area contributed by atoms with Crippen LogP contribution in [0.4, 0.5) is 0 Å². The first-order valence-corrected chi connectivity index (χ1v) is 8.47. The molecule has 0 bridgehead atoms. The fourth-order valence-electron chi connectivity index (χ4n) is 2.27. The number of amidine groups is 1. The van der Waals surface area contributed by atoms with Crippen LogP contribution in [0.1, 0.15) is 15.9 Å². The van der Waals surface area contributed by atoms with Gasteiger partial charge in [-0.05, 0) is 34.9 Å². The number of carbonyl (C=O) groups is 2. The van der Waals surface area contributed by atoms with Gasteiger partial charge in [0.05, 0.1) is 24.6 Å². The molecule has 1 saturated heterocycles. The molecule has 1 aliphatic rings. The van der Waals surface area contributed by atoms with Crippen molar-refractivity contribution in [3.63, 3.8) is 0 Å². The van der Waals surface area contributed by atoms with Crippen LogP contribution < -0.4 is 5.32 Å². The predicted octanol–water partition coefficient (Wildman–Crippen LogP) is 2.69. The SMILES string of the molecule is COC(=O)c1cccc(-c2cccc(C=NN=C3NC(=O)CS3)c2)c1. The lowest BCUT2D eigenvalue weighted by atomic mass is 10.0. The number of nitrogens with one attached hydrogen (secondary N) is 1. The van der Waals surface area contributed by atoms with Crippen LogP contribution in [0, 0.1) is 0 Å². The lowest BCUT2D eigenvalue weighted by Gasteiger charge is -2.05. The molecule has 0 unspecified atom stereocenters. The predicted molar refractivity (Wildman–Crippen MR) is 98.8 cm³/mol. The Morgan fingerprint density at radius 1 is 1.20 bits per heavy atom. The molecule has 3 rings (SSSR count). The Balaban J connectivity index is 1.80. The van der Waals surface area contributed by atoms with Crippen molar-refractivity contribution in [3.8, 4) is 11.1 Å².